The van der Waals surface area contributed by atoms with Gasteiger partial charge in [-0.3, -0.25) is 9.89 Å². The van der Waals surface area contributed by atoms with Gasteiger partial charge in [-0.25, -0.2) is 9.37 Å². The van der Waals surface area contributed by atoms with Crippen LogP contribution >= 0.6 is 0 Å². The van der Waals surface area contributed by atoms with Crippen molar-refractivity contribution in [3.8, 4) is 11.3 Å². The molecule has 134 valence electrons. The van der Waals surface area contributed by atoms with E-state index in [1.54, 1.807) is 24.4 Å². The molecule has 0 spiro atoms. The zero-order valence-electron chi connectivity index (χ0n) is 14.6. The highest BCUT2D eigenvalue weighted by molar-refractivity contribution is 5.77. The number of fused-ring (bicyclic) bond motifs is 1. The minimum atomic E-state index is -0.309. The van der Waals surface area contributed by atoms with Crippen LogP contribution < -0.4 is 0 Å². The van der Waals surface area contributed by atoms with Gasteiger partial charge in [-0.2, -0.15) is 5.10 Å². The number of hydrogen-bond donors (Lipinski definition) is 1. The summed E-state index contributed by atoms with van der Waals surface area (Å²) in [6, 6.07) is 6.58. The van der Waals surface area contributed by atoms with E-state index < -0.39 is 0 Å². The lowest BCUT2D eigenvalue weighted by Gasteiger charge is -2.27. The van der Waals surface area contributed by atoms with E-state index in [2.05, 4.69) is 15.2 Å². The predicted octanol–water partition coefficient (Wildman–Crippen LogP) is 2.56. The number of nitrogens with one attached hydrogen (secondary N) is 1. The number of H-pyrrole nitrogens is 1. The van der Waals surface area contributed by atoms with Crippen LogP contribution in [0, 0.1) is 5.82 Å². The molecule has 0 saturated carbocycles. The Hall–Kier alpha value is -2.96. The Morgan fingerprint density at radius 2 is 2.19 bits per heavy atom. The van der Waals surface area contributed by atoms with Crippen LogP contribution in [0.2, 0.25) is 0 Å². The molecule has 0 unspecified atom stereocenters. The van der Waals surface area contributed by atoms with E-state index >= 15 is 0 Å². The second-order valence-electron chi connectivity index (χ2n) is 6.40. The quantitative estimate of drug-likeness (QED) is 0.784. The Bertz CT molecular complexity index is 945. The van der Waals surface area contributed by atoms with Crippen LogP contribution in [-0.2, 0) is 30.7 Å². The van der Waals surface area contributed by atoms with Crippen molar-refractivity contribution in [1.29, 1.82) is 0 Å². The molecule has 1 N–H and O–H groups in total. The van der Waals surface area contributed by atoms with Gasteiger partial charge in [0, 0.05) is 55.1 Å². The van der Waals surface area contributed by atoms with E-state index in [9.17, 15) is 9.18 Å². The molecule has 1 amide bonds. The number of amides is 1. The Morgan fingerprint density at radius 1 is 1.35 bits per heavy atom. The lowest BCUT2D eigenvalue weighted by Crippen LogP contribution is -2.38. The number of hydrogen-bond acceptors (Lipinski definition) is 3. The van der Waals surface area contributed by atoms with Crippen LogP contribution in [0.25, 0.3) is 11.3 Å². The zero-order chi connectivity index (χ0) is 18.1. The monoisotopic (exact) mass is 353 g/mol. The van der Waals surface area contributed by atoms with E-state index in [1.165, 1.54) is 6.07 Å². The van der Waals surface area contributed by atoms with Crippen molar-refractivity contribution >= 4 is 5.91 Å². The molecular weight excluding hydrogens is 333 g/mol. The number of carbonyl (C=O) groups excluding carboxylic acids is 1. The van der Waals surface area contributed by atoms with Gasteiger partial charge in [-0.05, 0) is 12.1 Å². The van der Waals surface area contributed by atoms with Crippen LogP contribution in [0.5, 0.6) is 0 Å². The Morgan fingerprint density at radius 3 is 3.00 bits per heavy atom. The molecule has 4 rings (SSSR count). The maximum atomic E-state index is 14.2. The highest BCUT2D eigenvalue weighted by atomic mass is 19.1. The number of nitrogens with zero attached hydrogens (tertiary/aromatic N) is 4. The first-order valence-electron chi connectivity index (χ1n) is 8.76. The normalized spacial score (nSPS) is 13.7. The first-order chi connectivity index (χ1) is 12.7. The summed E-state index contributed by atoms with van der Waals surface area (Å²) in [5.41, 5.74) is 2.93. The predicted molar refractivity (Wildman–Crippen MR) is 94.7 cm³/mol. The number of imidazole rings is 1. The van der Waals surface area contributed by atoms with Gasteiger partial charge in [0.2, 0.25) is 5.91 Å². The summed E-state index contributed by atoms with van der Waals surface area (Å²) >= 11 is 0. The number of benzene rings is 1. The molecule has 1 aliphatic heterocycles. The molecule has 3 heterocycles. The van der Waals surface area contributed by atoms with Gasteiger partial charge in [-0.1, -0.05) is 19.1 Å². The van der Waals surface area contributed by atoms with Crippen LogP contribution in [0.3, 0.4) is 0 Å². The molecule has 0 fully saturated rings. The van der Waals surface area contributed by atoms with Crippen molar-refractivity contribution in [1.82, 2.24) is 24.6 Å². The number of rotatable bonds is 4. The molecule has 2 aromatic heterocycles. The minimum Gasteiger partial charge on any atom is -0.336 e. The van der Waals surface area contributed by atoms with Crippen molar-refractivity contribution in [3.63, 3.8) is 0 Å². The fourth-order valence-electron chi connectivity index (χ4n) is 3.43. The number of aromatic nitrogens is 4. The van der Waals surface area contributed by atoms with Crippen molar-refractivity contribution in [2.75, 3.05) is 6.54 Å². The minimum absolute atomic E-state index is 0.0315. The largest absolute Gasteiger partial charge is 0.336 e. The highest BCUT2D eigenvalue weighted by Gasteiger charge is 2.26. The van der Waals surface area contributed by atoms with Gasteiger partial charge in [-0.15, -0.1) is 0 Å². The van der Waals surface area contributed by atoms with Crippen LogP contribution in [0.1, 0.15) is 24.0 Å². The zero-order valence-corrected chi connectivity index (χ0v) is 14.6. The Kier molecular flexibility index (Phi) is 4.28. The number of aromatic amines is 1. The van der Waals surface area contributed by atoms with Gasteiger partial charge in [0.15, 0.2) is 0 Å². The smallest absolute Gasteiger partial charge is 0.242 e. The average Bonchev–Trinajstić information content (AvgIpc) is 3.28. The second kappa shape index (κ2) is 6.74. The SMILES string of the molecule is CCc1nccn1CC(=O)N1CCc2[nH]nc(-c3ccccc3F)c2C1. The molecule has 6 nitrogen and oxygen atoms in total. The summed E-state index contributed by atoms with van der Waals surface area (Å²) in [7, 11) is 0. The highest BCUT2D eigenvalue weighted by Crippen LogP contribution is 2.30. The molecule has 1 aliphatic rings. The Labute approximate surface area is 150 Å². The number of aryl methyl sites for hydroxylation is 1. The molecule has 3 aromatic rings. The molecule has 1 aromatic carbocycles. The fourth-order valence-corrected chi connectivity index (χ4v) is 3.43. The standard InChI is InChI=1S/C19H20FN5O/c1-2-17-21-8-10-24(17)12-18(26)25-9-7-16-14(11-25)19(23-22-16)13-5-3-4-6-15(13)20/h3-6,8,10H,2,7,9,11-12H2,1H3,(H,22,23). The lowest BCUT2D eigenvalue weighted by molar-refractivity contribution is -0.132. The van der Waals surface area contributed by atoms with Crippen molar-refractivity contribution in [3.05, 3.63) is 59.6 Å². The summed E-state index contributed by atoms with van der Waals surface area (Å²) in [4.78, 5) is 18.8. The molecule has 0 radical (unpaired) electrons. The third-order valence-electron chi connectivity index (χ3n) is 4.84. The number of carbonyl (C=O) groups is 1. The van der Waals surface area contributed by atoms with E-state index in [0.29, 0.717) is 30.8 Å². The van der Waals surface area contributed by atoms with E-state index in [0.717, 1.165) is 23.5 Å². The Balaban J connectivity index is 1.57. The molecule has 0 aliphatic carbocycles. The first kappa shape index (κ1) is 16.5. The van der Waals surface area contributed by atoms with Crippen molar-refractivity contribution in [2.45, 2.75) is 32.9 Å². The molecule has 26 heavy (non-hydrogen) atoms. The molecular formula is C19H20FN5O. The fraction of sp³-hybridized carbons (Fsp3) is 0.316. The lowest BCUT2D eigenvalue weighted by atomic mass is 10.0. The third kappa shape index (κ3) is 2.89. The van der Waals surface area contributed by atoms with Crippen LogP contribution in [0.15, 0.2) is 36.7 Å². The molecule has 0 saturated heterocycles. The summed E-state index contributed by atoms with van der Waals surface area (Å²) in [6.45, 7) is 3.35. The maximum absolute atomic E-state index is 14.2. The summed E-state index contributed by atoms with van der Waals surface area (Å²) < 4.78 is 16.0. The third-order valence-corrected chi connectivity index (χ3v) is 4.84. The van der Waals surface area contributed by atoms with Gasteiger partial charge < -0.3 is 9.47 Å². The van der Waals surface area contributed by atoms with Gasteiger partial charge in [0.1, 0.15) is 23.9 Å². The molecule has 0 atom stereocenters. The second-order valence-corrected chi connectivity index (χ2v) is 6.40. The van der Waals surface area contributed by atoms with Crippen molar-refractivity contribution < 1.29 is 9.18 Å². The van der Waals surface area contributed by atoms with E-state index in [4.69, 9.17) is 0 Å². The summed E-state index contributed by atoms with van der Waals surface area (Å²) in [6.07, 6.45) is 5.01. The van der Waals surface area contributed by atoms with Crippen LogP contribution in [0.4, 0.5) is 4.39 Å². The van der Waals surface area contributed by atoms with Crippen LogP contribution in [-0.4, -0.2) is 37.1 Å². The van der Waals surface area contributed by atoms with Gasteiger partial charge in [0.05, 0.1) is 0 Å². The van der Waals surface area contributed by atoms with E-state index in [-0.39, 0.29) is 18.3 Å². The van der Waals surface area contributed by atoms with Gasteiger partial charge >= 0.3 is 0 Å². The van der Waals surface area contributed by atoms with Crippen molar-refractivity contribution in [2.24, 2.45) is 0 Å². The number of halogens is 1. The average molecular weight is 353 g/mol. The molecule has 7 heteroatoms. The summed E-state index contributed by atoms with van der Waals surface area (Å²) in [5.74, 6) is 0.617. The topological polar surface area (TPSA) is 66.8 Å². The first-order valence-corrected chi connectivity index (χ1v) is 8.76. The van der Waals surface area contributed by atoms with Gasteiger partial charge in [0.25, 0.3) is 0 Å². The summed E-state index contributed by atoms with van der Waals surface area (Å²) in [5, 5.41) is 7.31. The van der Waals surface area contributed by atoms with E-state index in [1.807, 2.05) is 22.6 Å². The molecule has 0 bridgehead atoms. The maximum Gasteiger partial charge on any atom is 0.242 e.